The Hall–Kier alpha value is -1.59. The van der Waals surface area contributed by atoms with Crippen LogP contribution in [0.15, 0.2) is 24.3 Å². The second kappa shape index (κ2) is 6.67. The van der Waals surface area contributed by atoms with Gasteiger partial charge in [0.15, 0.2) is 6.61 Å². The standard InChI is InChI=1S/C17H23NO4/c1-11-3-5-12(6-4-11)22-10-15(19)18-16-13-7-8-21-17(13)14(16)9-20-2/h3-6,13-14,16-17H,7-10H2,1-2H3,(H,18,19)/t13-,14+,16+,17-/m0/s1. The van der Waals surface area contributed by atoms with Crippen molar-refractivity contribution in [1.82, 2.24) is 5.32 Å². The van der Waals surface area contributed by atoms with Gasteiger partial charge >= 0.3 is 0 Å². The summed E-state index contributed by atoms with van der Waals surface area (Å²) in [4.78, 5) is 12.1. The fraction of sp³-hybridized carbons (Fsp3) is 0.588. The van der Waals surface area contributed by atoms with Gasteiger partial charge in [-0.1, -0.05) is 17.7 Å². The largest absolute Gasteiger partial charge is 0.484 e. The highest BCUT2D eigenvalue weighted by atomic mass is 16.5. The van der Waals surface area contributed by atoms with Crippen molar-refractivity contribution in [2.24, 2.45) is 11.8 Å². The molecule has 1 aliphatic heterocycles. The molecule has 3 rings (SSSR count). The maximum absolute atomic E-state index is 12.1. The molecule has 5 nitrogen and oxygen atoms in total. The second-order valence-electron chi connectivity index (χ2n) is 6.10. The lowest BCUT2D eigenvalue weighted by Gasteiger charge is -2.47. The van der Waals surface area contributed by atoms with Crippen LogP contribution in [-0.2, 0) is 14.3 Å². The predicted molar refractivity (Wildman–Crippen MR) is 81.8 cm³/mol. The van der Waals surface area contributed by atoms with E-state index in [0.717, 1.165) is 13.0 Å². The molecule has 1 saturated carbocycles. The summed E-state index contributed by atoms with van der Waals surface area (Å²) in [7, 11) is 1.68. The lowest BCUT2D eigenvalue weighted by Crippen LogP contribution is -2.63. The van der Waals surface area contributed by atoms with Gasteiger partial charge in [-0.2, -0.15) is 0 Å². The van der Waals surface area contributed by atoms with E-state index in [1.807, 2.05) is 31.2 Å². The third-order valence-electron chi connectivity index (χ3n) is 4.61. The van der Waals surface area contributed by atoms with Crippen LogP contribution in [-0.4, -0.2) is 45.0 Å². The summed E-state index contributed by atoms with van der Waals surface area (Å²) >= 11 is 0. The smallest absolute Gasteiger partial charge is 0.258 e. The Kier molecular flexibility index (Phi) is 4.64. The third kappa shape index (κ3) is 3.10. The molecule has 1 aliphatic carbocycles. The van der Waals surface area contributed by atoms with Gasteiger partial charge in [0, 0.05) is 31.6 Å². The highest BCUT2D eigenvalue weighted by Gasteiger charge is 2.54. The molecule has 1 saturated heterocycles. The van der Waals surface area contributed by atoms with Crippen molar-refractivity contribution in [3.8, 4) is 5.75 Å². The Labute approximate surface area is 130 Å². The average molecular weight is 305 g/mol. The lowest BCUT2D eigenvalue weighted by molar-refractivity contribution is -0.131. The van der Waals surface area contributed by atoms with E-state index in [4.69, 9.17) is 14.2 Å². The summed E-state index contributed by atoms with van der Waals surface area (Å²) in [6, 6.07) is 7.82. The van der Waals surface area contributed by atoms with Crippen molar-refractivity contribution in [2.45, 2.75) is 25.5 Å². The predicted octanol–water partition coefficient (Wildman–Crippen LogP) is 1.54. The Morgan fingerprint density at radius 2 is 2.14 bits per heavy atom. The number of nitrogens with one attached hydrogen (secondary N) is 1. The summed E-state index contributed by atoms with van der Waals surface area (Å²) in [6.07, 6.45) is 1.25. The molecule has 4 atom stereocenters. The minimum absolute atomic E-state index is 0.0392. The van der Waals surface area contributed by atoms with Crippen LogP contribution in [0, 0.1) is 18.8 Å². The van der Waals surface area contributed by atoms with E-state index in [2.05, 4.69) is 5.32 Å². The number of carbonyl (C=O) groups is 1. The van der Waals surface area contributed by atoms with E-state index in [9.17, 15) is 4.79 Å². The molecular formula is C17H23NO4. The molecule has 0 unspecified atom stereocenters. The van der Waals surface area contributed by atoms with Crippen molar-refractivity contribution in [3.05, 3.63) is 29.8 Å². The van der Waals surface area contributed by atoms with E-state index >= 15 is 0 Å². The normalized spacial score (nSPS) is 29.5. The van der Waals surface area contributed by atoms with Crippen LogP contribution in [0.3, 0.4) is 0 Å². The lowest BCUT2D eigenvalue weighted by atomic mass is 9.67. The van der Waals surface area contributed by atoms with Gasteiger partial charge in [-0.15, -0.1) is 0 Å². The Balaban J connectivity index is 1.49. The van der Waals surface area contributed by atoms with E-state index in [-0.39, 0.29) is 30.6 Å². The van der Waals surface area contributed by atoms with Crippen molar-refractivity contribution in [1.29, 1.82) is 0 Å². The topological polar surface area (TPSA) is 56.8 Å². The Morgan fingerprint density at radius 1 is 1.36 bits per heavy atom. The molecule has 1 aromatic rings. The highest BCUT2D eigenvalue weighted by Crippen LogP contribution is 2.43. The molecule has 1 N–H and O–H groups in total. The van der Waals surface area contributed by atoms with Crippen LogP contribution in [0.1, 0.15) is 12.0 Å². The number of hydrogen-bond donors (Lipinski definition) is 1. The number of aryl methyl sites for hydroxylation is 1. The van der Waals surface area contributed by atoms with Gasteiger partial charge in [-0.05, 0) is 25.5 Å². The fourth-order valence-electron chi connectivity index (χ4n) is 3.45. The minimum Gasteiger partial charge on any atom is -0.484 e. The van der Waals surface area contributed by atoms with Gasteiger partial charge in [0.05, 0.1) is 12.7 Å². The van der Waals surface area contributed by atoms with Crippen molar-refractivity contribution in [3.63, 3.8) is 0 Å². The van der Waals surface area contributed by atoms with Crippen LogP contribution >= 0.6 is 0 Å². The van der Waals surface area contributed by atoms with E-state index in [1.165, 1.54) is 5.56 Å². The minimum atomic E-state index is -0.0861. The molecule has 1 heterocycles. The van der Waals surface area contributed by atoms with Crippen LogP contribution in [0.25, 0.3) is 0 Å². The maximum Gasteiger partial charge on any atom is 0.258 e. The first-order valence-electron chi connectivity index (χ1n) is 7.78. The Bertz CT molecular complexity index is 516. The van der Waals surface area contributed by atoms with Gasteiger partial charge in [0.25, 0.3) is 5.91 Å². The summed E-state index contributed by atoms with van der Waals surface area (Å²) in [5.41, 5.74) is 1.17. The average Bonchev–Trinajstić information content (AvgIpc) is 2.94. The molecule has 120 valence electrons. The molecule has 5 heteroatoms. The van der Waals surface area contributed by atoms with Gasteiger partial charge in [-0.3, -0.25) is 4.79 Å². The van der Waals surface area contributed by atoms with Crippen LogP contribution in [0.5, 0.6) is 5.75 Å². The van der Waals surface area contributed by atoms with Crippen LogP contribution < -0.4 is 10.1 Å². The first-order valence-corrected chi connectivity index (χ1v) is 7.78. The van der Waals surface area contributed by atoms with E-state index < -0.39 is 0 Å². The molecule has 0 spiro atoms. The summed E-state index contributed by atoms with van der Waals surface area (Å²) in [6.45, 7) is 3.45. The SMILES string of the molecule is COC[C@@H]1[C@H](NC(=O)COc2ccc(C)cc2)[C@@H]2CCO[C@H]12. The maximum atomic E-state index is 12.1. The third-order valence-corrected chi connectivity index (χ3v) is 4.61. The highest BCUT2D eigenvalue weighted by molar-refractivity contribution is 5.78. The van der Waals surface area contributed by atoms with Crippen molar-refractivity contribution >= 4 is 5.91 Å². The summed E-state index contributed by atoms with van der Waals surface area (Å²) in [5.74, 6) is 1.30. The number of ether oxygens (including phenoxy) is 3. The molecule has 2 fully saturated rings. The van der Waals surface area contributed by atoms with Gasteiger partial charge in [0.1, 0.15) is 5.75 Å². The molecule has 1 amide bonds. The Morgan fingerprint density at radius 3 is 2.86 bits per heavy atom. The number of benzene rings is 1. The van der Waals surface area contributed by atoms with Gasteiger partial charge in [-0.25, -0.2) is 0 Å². The van der Waals surface area contributed by atoms with Gasteiger partial charge in [0.2, 0.25) is 0 Å². The number of methoxy groups -OCH3 is 1. The molecule has 1 aromatic carbocycles. The first-order chi connectivity index (χ1) is 10.7. The number of fused-ring (bicyclic) bond motifs is 1. The van der Waals surface area contributed by atoms with E-state index in [1.54, 1.807) is 7.11 Å². The quantitative estimate of drug-likeness (QED) is 0.866. The molecule has 22 heavy (non-hydrogen) atoms. The fourth-order valence-corrected chi connectivity index (χ4v) is 3.45. The molecule has 0 bridgehead atoms. The number of carbonyl (C=O) groups excluding carboxylic acids is 1. The molecule has 2 aliphatic rings. The first kappa shape index (κ1) is 15.3. The van der Waals surface area contributed by atoms with E-state index in [0.29, 0.717) is 18.3 Å². The monoisotopic (exact) mass is 305 g/mol. The molecular weight excluding hydrogens is 282 g/mol. The summed E-state index contributed by atoms with van der Waals surface area (Å²) < 4.78 is 16.5. The van der Waals surface area contributed by atoms with Gasteiger partial charge < -0.3 is 19.5 Å². The van der Waals surface area contributed by atoms with Crippen LogP contribution in [0.2, 0.25) is 0 Å². The molecule has 0 radical (unpaired) electrons. The molecule has 0 aromatic heterocycles. The van der Waals surface area contributed by atoms with Crippen molar-refractivity contribution in [2.75, 3.05) is 26.9 Å². The number of amides is 1. The zero-order valence-electron chi connectivity index (χ0n) is 13.1. The number of hydrogen-bond acceptors (Lipinski definition) is 4. The zero-order chi connectivity index (χ0) is 15.5. The number of rotatable bonds is 6. The second-order valence-corrected chi connectivity index (χ2v) is 6.10. The summed E-state index contributed by atoms with van der Waals surface area (Å²) in [5, 5.41) is 3.08. The zero-order valence-corrected chi connectivity index (χ0v) is 13.1. The van der Waals surface area contributed by atoms with Crippen LogP contribution in [0.4, 0.5) is 0 Å². The van der Waals surface area contributed by atoms with Crippen molar-refractivity contribution < 1.29 is 19.0 Å².